The van der Waals surface area contributed by atoms with E-state index in [4.69, 9.17) is 5.73 Å². The van der Waals surface area contributed by atoms with E-state index in [2.05, 4.69) is 67.8 Å². The van der Waals surface area contributed by atoms with E-state index in [0.29, 0.717) is 0 Å². The number of rotatable bonds is 2. The summed E-state index contributed by atoms with van der Waals surface area (Å²) in [4.78, 5) is 4.32. The lowest BCUT2D eigenvalue weighted by molar-refractivity contribution is 0.866. The number of aromatic nitrogens is 1. The minimum Gasteiger partial charge on any atom is -0.320 e. The predicted molar refractivity (Wildman–Crippen MR) is 94.6 cm³/mol. The third-order valence-electron chi connectivity index (χ3n) is 3.33. The second-order valence-electron chi connectivity index (χ2n) is 4.59. The average molecular weight is 439 g/mol. The van der Waals surface area contributed by atoms with Crippen molar-refractivity contribution < 1.29 is 0 Å². The van der Waals surface area contributed by atoms with Gasteiger partial charge >= 0.3 is 0 Å². The summed E-state index contributed by atoms with van der Waals surface area (Å²) in [5, 5.41) is 2.27. The lowest BCUT2D eigenvalue weighted by Crippen LogP contribution is -2.14. The molecule has 1 atom stereocenters. The SMILES string of the molecule is NC(c1cc(Br)ccc1I)c1cncc2ccccc12. The first-order chi connectivity index (χ1) is 9.66. The zero-order chi connectivity index (χ0) is 14.1. The van der Waals surface area contributed by atoms with Gasteiger partial charge in [-0.1, -0.05) is 40.2 Å². The summed E-state index contributed by atoms with van der Waals surface area (Å²) >= 11 is 5.83. The highest BCUT2D eigenvalue weighted by Crippen LogP contribution is 2.30. The molecular formula is C16H12BrIN2. The lowest BCUT2D eigenvalue weighted by Gasteiger charge is -2.16. The van der Waals surface area contributed by atoms with Gasteiger partial charge in [-0.25, -0.2) is 0 Å². The molecule has 2 aromatic carbocycles. The minimum atomic E-state index is -0.182. The molecule has 1 unspecified atom stereocenters. The van der Waals surface area contributed by atoms with Gasteiger partial charge in [0.1, 0.15) is 0 Å². The van der Waals surface area contributed by atoms with Gasteiger partial charge in [-0.3, -0.25) is 4.98 Å². The van der Waals surface area contributed by atoms with E-state index in [1.165, 1.54) is 0 Å². The number of fused-ring (bicyclic) bond motifs is 1. The van der Waals surface area contributed by atoms with E-state index in [0.717, 1.165) is 29.9 Å². The molecule has 3 rings (SSSR count). The van der Waals surface area contributed by atoms with Gasteiger partial charge in [-0.15, -0.1) is 0 Å². The fourth-order valence-electron chi connectivity index (χ4n) is 2.31. The molecule has 2 N–H and O–H groups in total. The topological polar surface area (TPSA) is 38.9 Å². The van der Waals surface area contributed by atoms with Crippen LogP contribution in [0.4, 0.5) is 0 Å². The van der Waals surface area contributed by atoms with Gasteiger partial charge in [0, 0.05) is 25.8 Å². The van der Waals surface area contributed by atoms with Crippen molar-refractivity contribution in [3.05, 3.63) is 74.0 Å². The van der Waals surface area contributed by atoms with Crippen molar-refractivity contribution in [2.45, 2.75) is 6.04 Å². The summed E-state index contributed by atoms with van der Waals surface area (Å²) in [5.74, 6) is 0. The van der Waals surface area contributed by atoms with Crippen molar-refractivity contribution in [2.75, 3.05) is 0 Å². The smallest absolute Gasteiger partial charge is 0.0584 e. The van der Waals surface area contributed by atoms with Crippen LogP contribution in [0.5, 0.6) is 0 Å². The standard InChI is InChI=1S/C16H12BrIN2/c17-11-5-6-15(18)13(7-11)16(19)14-9-20-8-10-3-1-2-4-12(10)14/h1-9,16H,19H2. The van der Waals surface area contributed by atoms with Crippen molar-refractivity contribution in [2.24, 2.45) is 5.73 Å². The van der Waals surface area contributed by atoms with Gasteiger partial charge in [0.15, 0.2) is 0 Å². The van der Waals surface area contributed by atoms with E-state index in [1.54, 1.807) is 0 Å². The molecule has 0 fully saturated rings. The Bertz CT molecular complexity index is 768. The second kappa shape index (κ2) is 5.79. The maximum absolute atomic E-state index is 6.49. The molecular weight excluding hydrogens is 427 g/mol. The monoisotopic (exact) mass is 438 g/mol. The van der Waals surface area contributed by atoms with E-state index >= 15 is 0 Å². The van der Waals surface area contributed by atoms with Gasteiger partial charge in [-0.2, -0.15) is 0 Å². The highest BCUT2D eigenvalue weighted by Gasteiger charge is 2.15. The average Bonchev–Trinajstić information content (AvgIpc) is 2.48. The molecule has 0 aliphatic carbocycles. The Hall–Kier alpha value is -0.980. The van der Waals surface area contributed by atoms with Crippen molar-refractivity contribution in [3.63, 3.8) is 0 Å². The Morgan fingerprint density at radius 2 is 1.85 bits per heavy atom. The van der Waals surface area contributed by atoms with Gasteiger partial charge in [-0.05, 0) is 57.3 Å². The predicted octanol–water partition coefficient (Wildman–Crippen LogP) is 4.65. The van der Waals surface area contributed by atoms with Crippen molar-refractivity contribution >= 4 is 49.3 Å². The van der Waals surface area contributed by atoms with Crippen LogP contribution in [0, 0.1) is 3.57 Å². The van der Waals surface area contributed by atoms with Crippen molar-refractivity contribution in [1.82, 2.24) is 4.98 Å². The number of hydrogen-bond donors (Lipinski definition) is 1. The molecule has 0 saturated heterocycles. The molecule has 4 heteroatoms. The molecule has 0 bridgehead atoms. The summed E-state index contributed by atoms with van der Waals surface area (Å²) in [6, 6.07) is 14.2. The fourth-order valence-corrected chi connectivity index (χ4v) is 3.36. The molecule has 0 aliphatic heterocycles. The third kappa shape index (κ3) is 2.60. The number of pyridine rings is 1. The highest BCUT2D eigenvalue weighted by atomic mass is 127. The summed E-state index contributed by atoms with van der Waals surface area (Å²) in [6.07, 6.45) is 3.74. The molecule has 100 valence electrons. The first kappa shape index (κ1) is 14.0. The fraction of sp³-hybridized carbons (Fsp3) is 0.0625. The molecule has 3 aromatic rings. The van der Waals surface area contributed by atoms with E-state index in [1.807, 2.05) is 30.6 Å². The first-order valence-corrected chi connectivity index (χ1v) is 8.07. The van der Waals surface area contributed by atoms with Crippen LogP contribution in [0.1, 0.15) is 17.2 Å². The Morgan fingerprint density at radius 1 is 1.05 bits per heavy atom. The molecule has 0 amide bonds. The van der Waals surface area contributed by atoms with Crippen LogP contribution in [0.2, 0.25) is 0 Å². The first-order valence-electron chi connectivity index (χ1n) is 6.20. The molecule has 20 heavy (non-hydrogen) atoms. The summed E-state index contributed by atoms with van der Waals surface area (Å²) in [7, 11) is 0. The Kier molecular flexibility index (Phi) is 4.05. The van der Waals surface area contributed by atoms with Crippen LogP contribution >= 0.6 is 38.5 Å². The molecule has 0 spiro atoms. The molecule has 0 aliphatic rings. The minimum absolute atomic E-state index is 0.182. The zero-order valence-electron chi connectivity index (χ0n) is 10.6. The van der Waals surface area contributed by atoms with Crippen molar-refractivity contribution in [1.29, 1.82) is 0 Å². The lowest BCUT2D eigenvalue weighted by atomic mass is 9.96. The molecule has 0 radical (unpaired) electrons. The molecule has 1 aromatic heterocycles. The van der Waals surface area contributed by atoms with Gasteiger partial charge < -0.3 is 5.73 Å². The quantitative estimate of drug-likeness (QED) is 0.591. The normalized spacial score (nSPS) is 12.6. The Labute approximate surface area is 139 Å². The van der Waals surface area contributed by atoms with E-state index < -0.39 is 0 Å². The van der Waals surface area contributed by atoms with Crippen LogP contribution in [0.25, 0.3) is 10.8 Å². The van der Waals surface area contributed by atoms with Crippen LogP contribution < -0.4 is 5.73 Å². The van der Waals surface area contributed by atoms with Crippen LogP contribution in [-0.2, 0) is 0 Å². The summed E-state index contributed by atoms with van der Waals surface area (Å²) < 4.78 is 2.20. The van der Waals surface area contributed by atoms with Gasteiger partial charge in [0.05, 0.1) is 6.04 Å². The Balaban J connectivity index is 2.17. The summed E-state index contributed by atoms with van der Waals surface area (Å²) in [6.45, 7) is 0. The number of hydrogen-bond acceptors (Lipinski definition) is 2. The third-order valence-corrected chi connectivity index (χ3v) is 4.80. The summed E-state index contributed by atoms with van der Waals surface area (Å²) in [5.41, 5.74) is 8.65. The van der Waals surface area contributed by atoms with Crippen molar-refractivity contribution in [3.8, 4) is 0 Å². The highest BCUT2D eigenvalue weighted by molar-refractivity contribution is 14.1. The molecule has 1 heterocycles. The largest absolute Gasteiger partial charge is 0.320 e. The van der Waals surface area contributed by atoms with Gasteiger partial charge in [0.25, 0.3) is 0 Å². The number of nitrogens with zero attached hydrogens (tertiary/aromatic N) is 1. The zero-order valence-corrected chi connectivity index (χ0v) is 14.3. The van der Waals surface area contributed by atoms with Crippen LogP contribution in [0.15, 0.2) is 59.3 Å². The second-order valence-corrected chi connectivity index (χ2v) is 6.67. The Morgan fingerprint density at radius 3 is 2.70 bits per heavy atom. The number of benzene rings is 2. The van der Waals surface area contributed by atoms with Crippen LogP contribution in [0.3, 0.4) is 0 Å². The van der Waals surface area contributed by atoms with Gasteiger partial charge in [0.2, 0.25) is 0 Å². The number of halogens is 2. The van der Waals surface area contributed by atoms with Crippen LogP contribution in [-0.4, -0.2) is 4.98 Å². The molecule has 2 nitrogen and oxygen atoms in total. The maximum atomic E-state index is 6.49. The van der Waals surface area contributed by atoms with E-state index in [9.17, 15) is 0 Å². The van der Waals surface area contributed by atoms with E-state index in [-0.39, 0.29) is 6.04 Å². The molecule has 0 saturated carbocycles. The maximum Gasteiger partial charge on any atom is 0.0584 e. The number of nitrogens with two attached hydrogens (primary N) is 1.